The van der Waals surface area contributed by atoms with E-state index in [0.717, 1.165) is 35.3 Å². The van der Waals surface area contributed by atoms with Crippen LogP contribution in [-0.4, -0.2) is 122 Å². The number of aromatic hydroxyl groups is 2. The van der Waals surface area contributed by atoms with Gasteiger partial charge in [0.15, 0.2) is 46.8 Å². The fourth-order valence-electron chi connectivity index (χ4n) is 10.3. The van der Waals surface area contributed by atoms with Gasteiger partial charge in [-0.1, -0.05) is 12.1 Å². The Labute approximate surface area is 281 Å². The summed E-state index contributed by atoms with van der Waals surface area (Å²) in [5.74, 6) is 0.625. The first-order valence-electron chi connectivity index (χ1n) is 16.0. The number of hydrogen-bond donors (Lipinski definition) is 6. The van der Waals surface area contributed by atoms with Crippen LogP contribution in [0.5, 0.6) is 23.0 Å². The second-order valence-corrected chi connectivity index (χ2v) is 15.2. The smallest absolute Gasteiger partial charge is 0.394 e. The molecule has 2 fully saturated rings. The highest BCUT2D eigenvalue weighted by Crippen LogP contribution is 2.64. The molecule has 4 aliphatic carbocycles. The zero-order valence-corrected chi connectivity index (χ0v) is 27.4. The molecule has 4 bridgehead atoms. The van der Waals surface area contributed by atoms with Gasteiger partial charge >= 0.3 is 10.4 Å². The molecule has 10 rings (SSSR count). The fraction of sp³-hybridized carbons (Fsp3) is 0.471. The van der Waals surface area contributed by atoms with Crippen molar-refractivity contribution in [3.8, 4) is 23.0 Å². The Morgan fingerprint density at radius 1 is 0.714 bits per heavy atom. The van der Waals surface area contributed by atoms with E-state index in [0.29, 0.717) is 37.2 Å². The van der Waals surface area contributed by atoms with E-state index < -0.39 is 44.6 Å². The zero-order valence-electron chi connectivity index (χ0n) is 26.6. The van der Waals surface area contributed by atoms with Crippen LogP contribution >= 0.6 is 0 Å². The van der Waals surface area contributed by atoms with Crippen molar-refractivity contribution in [3.05, 3.63) is 70.8 Å². The molecule has 260 valence electrons. The summed E-state index contributed by atoms with van der Waals surface area (Å²) in [6.07, 6.45) is 7.41. The summed E-state index contributed by atoms with van der Waals surface area (Å²) in [4.78, 5) is 29.2. The molecular weight excluding hydrogens is 660 g/mol. The van der Waals surface area contributed by atoms with Crippen LogP contribution in [-0.2, 0) is 43.7 Å². The Morgan fingerprint density at radius 3 is 1.45 bits per heavy atom. The highest BCUT2D eigenvalue weighted by atomic mass is 32.3. The third-order valence-electron chi connectivity index (χ3n) is 12.3. The molecule has 4 aliphatic heterocycles. The number of likely N-dealkylation sites (N-methyl/N-ethyl adjacent to an activating group) is 2. The number of likely N-dealkylation sites (tertiary alicyclic amines) is 2. The number of piperidine rings is 2. The molecule has 49 heavy (non-hydrogen) atoms. The summed E-state index contributed by atoms with van der Waals surface area (Å²) in [5, 5.41) is 43.5. The van der Waals surface area contributed by atoms with Gasteiger partial charge in [-0.25, -0.2) is 0 Å². The number of phenols is 2. The van der Waals surface area contributed by atoms with Gasteiger partial charge in [0.05, 0.1) is 10.8 Å². The van der Waals surface area contributed by atoms with Crippen molar-refractivity contribution in [3.63, 3.8) is 0 Å². The first kappa shape index (κ1) is 32.4. The minimum absolute atomic E-state index is 0.0510. The van der Waals surface area contributed by atoms with Crippen LogP contribution in [0, 0.1) is 0 Å². The Balaban J connectivity index is 0.000000125. The first-order chi connectivity index (χ1) is 23.0. The van der Waals surface area contributed by atoms with Crippen molar-refractivity contribution in [1.82, 2.24) is 9.80 Å². The van der Waals surface area contributed by atoms with E-state index in [2.05, 4.69) is 9.80 Å². The molecule has 15 heteroatoms. The SMILES string of the molecule is CN1CC[C@]23c4c5ccc(O)c4O[C@H]2C(=O)C=CC3(O)C1C5.CN1CC[C@]23c4c5ccc(O)c4O[C@H]2C(=O)C=CC3(O)C1C5.O=S(=O)(O)O. The van der Waals surface area contributed by atoms with Gasteiger partial charge in [0.1, 0.15) is 11.2 Å². The average molecular weight is 697 g/mol. The molecule has 0 saturated carbocycles. The maximum atomic E-state index is 12.4. The molecule has 2 spiro atoms. The maximum absolute atomic E-state index is 12.4. The quantitative estimate of drug-likeness (QED) is 0.206. The van der Waals surface area contributed by atoms with Crippen molar-refractivity contribution in [2.45, 2.75) is 72.0 Å². The minimum atomic E-state index is -4.67. The Hall–Kier alpha value is -3.83. The lowest BCUT2D eigenvalue weighted by Gasteiger charge is -2.60. The lowest BCUT2D eigenvalue weighted by atomic mass is 9.51. The van der Waals surface area contributed by atoms with Crippen molar-refractivity contribution in [1.29, 1.82) is 0 Å². The molecule has 0 aromatic heterocycles. The molecule has 2 saturated heterocycles. The van der Waals surface area contributed by atoms with Crippen LogP contribution < -0.4 is 9.47 Å². The number of carbonyl (C=O) groups excluding carboxylic acids is 2. The molecule has 6 N–H and O–H groups in total. The maximum Gasteiger partial charge on any atom is 0.394 e. The molecule has 8 atom stereocenters. The highest BCUT2D eigenvalue weighted by Gasteiger charge is 2.73. The Kier molecular flexibility index (Phi) is 6.69. The van der Waals surface area contributed by atoms with E-state index in [1.54, 1.807) is 24.3 Å². The molecular formula is C34H36N2O12S. The molecule has 4 heterocycles. The normalized spacial score (nSPS) is 38.2. The van der Waals surface area contributed by atoms with Crippen LogP contribution in [0.2, 0.25) is 0 Å². The molecule has 0 radical (unpaired) electrons. The van der Waals surface area contributed by atoms with Gasteiger partial charge in [-0.05, 0) is 100 Å². The number of nitrogens with zero attached hydrogens (tertiary/aromatic N) is 2. The number of benzene rings is 2. The van der Waals surface area contributed by atoms with Gasteiger partial charge in [0.2, 0.25) is 0 Å². The van der Waals surface area contributed by atoms with E-state index in [1.807, 2.05) is 26.2 Å². The van der Waals surface area contributed by atoms with Gasteiger partial charge in [0, 0.05) is 23.2 Å². The van der Waals surface area contributed by atoms with Crippen molar-refractivity contribution < 1.29 is 57.0 Å². The van der Waals surface area contributed by atoms with Crippen LogP contribution in [0.3, 0.4) is 0 Å². The monoisotopic (exact) mass is 696 g/mol. The summed E-state index contributed by atoms with van der Waals surface area (Å²) in [5.41, 5.74) is 0.0354. The number of aliphatic hydroxyl groups is 2. The standard InChI is InChI=1S/2C17H17NO4.H2O4S/c2*1-18-7-6-16-13-9-2-3-10(19)14(13)22-15(16)11(20)4-5-17(16,21)12(18)8-9;1-5(2,3)4/h2*2-5,12,15,19,21H,6-8H2,1H3;(H2,1,2,3,4)/t2*12?,15-,16-,17?;/m00./s1. The largest absolute Gasteiger partial charge is 0.504 e. The van der Waals surface area contributed by atoms with E-state index >= 15 is 0 Å². The summed E-state index contributed by atoms with van der Waals surface area (Å²) < 4.78 is 43.4. The predicted molar refractivity (Wildman–Crippen MR) is 170 cm³/mol. The Bertz CT molecular complexity index is 1880. The third-order valence-corrected chi connectivity index (χ3v) is 12.3. The topological polar surface area (TPSA) is 215 Å². The lowest BCUT2D eigenvalue weighted by Crippen LogP contribution is -2.74. The van der Waals surface area contributed by atoms with E-state index in [-0.39, 0.29) is 35.1 Å². The van der Waals surface area contributed by atoms with E-state index in [9.17, 15) is 30.0 Å². The number of ketones is 2. The average Bonchev–Trinajstić information content (AvgIpc) is 3.58. The van der Waals surface area contributed by atoms with E-state index in [1.165, 1.54) is 12.2 Å². The first-order valence-corrected chi connectivity index (χ1v) is 17.4. The number of carbonyl (C=O) groups is 2. The lowest BCUT2D eigenvalue weighted by molar-refractivity contribution is -0.151. The molecule has 4 unspecified atom stereocenters. The van der Waals surface area contributed by atoms with Crippen molar-refractivity contribution in [2.75, 3.05) is 27.2 Å². The van der Waals surface area contributed by atoms with Gasteiger partial charge in [0.25, 0.3) is 0 Å². The van der Waals surface area contributed by atoms with Crippen LogP contribution in [0.4, 0.5) is 0 Å². The summed E-state index contributed by atoms with van der Waals surface area (Å²) >= 11 is 0. The molecule has 8 aliphatic rings. The van der Waals surface area contributed by atoms with Gasteiger partial charge in [-0.3, -0.25) is 28.5 Å². The van der Waals surface area contributed by atoms with Gasteiger partial charge in [-0.15, -0.1) is 0 Å². The second kappa shape index (κ2) is 10.1. The number of rotatable bonds is 0. The summed E-state index contributed by atoms with van der Waals surface area (Å²) in [6, 6.07) is 6.88. The summed E-state index contributed by atoms with van der Waals surface area (Å²) in [7, 11) is -0.645. The predicted octanol–water partition coefficient (Wildman–Crippen LogP) is 0.390. The van der Waals surface area contributed by atoms with Gasteiger partial charge < -0.3 is 29.9 Å². The van der Waals surface area contributed by atoms with E-state index in [4.69, 9.17) is 27.0 Å². The van der Waals surface area contributed by atoms with Crippen LogP contribution in [0.1, 0.15) is 35.1 Å². The number of hydrogen-bond acceptors (Lipinski definition) is 12. The third kappa shape index (κ3) is 4.00. The highest BCUT2D eigenvalue weighted by molar-refractivity contribution is 7.79. The number of ether oxygens (including phenoxy) is 2. The van der Waals surface area contributed by atoms with Crippen molar-refractivity contribution >= 4 is 22.0 Å². The zero-order chi connectivity index (χ0) is 35.1. The van der Waals surface area contributed by atoms with Gasteiger partial charge in [-0.2, -0.15) is 8.42 Å². The van der Waals surface area contributed by atoms with Crippen LogP contribution in [0.15, 0.2) is 48.6 Å². The van der Waals surface area contributed by atoms with Crippen molar-refractivity contribution in [2.24, 2.45) is 0 Å². The minimum Gasteiger partial charge on any atom is -0.504 e. The van der Waals surface area contributed by atoms with Crippen LogP contribution in [0.25, 0.3) is 0 Å². The fourth-order valence-corrected chi connectivity index (χ4v) is 10.3. The number of phenolic OH excluding ortho intramolecular Hbond substituents is 2. The summed E-state index contributed by atoms with van der Waals surface area (Å²) in [6.45, 7) is 1.59. The molecule has 2 aromatic carbocycles. The molecule has 2 aromatic rings. The molecule has 0 amide bonds. The second-order valence-electron chi connectivity index (χ2n) is 14.3. The molecule has 14 nitrogen and oxygen atoms in total. The Morgan fingerprint density at radius 2 is 1.08 bits per heavy atom.